The SMILES string of the molecule is CNCC(=O)Nc1cc(Cl)c(F)c(Cl)c1. The number of carbonyl (C=O) groups excluding carboxylic acids is 1. The Kier molecular flexibility index (Phi) is 4.32. The number of hydrogen-bond donors (Lipinski definition) is 2. The van der Waals surface area contributed by atoms with E-state index in [0.717, 1.165) is 0 Å². The Morgan fingerprint density at radius 1 is 1.40 bits per heavy atom. The van der Waals surface area contributed by atoms with Gasteiger partial charge in [-0.05, 0) is 19.2 Å². The third-order valence-corrected chi connectivity index (χ3v) is 2.15. The van der Waals surface area contributed by atoms with Gasteiger partial charge in [-0.25, -0.2) is 4.39 Å². The molecule has 0 aromatic heterocycles. The lowest BCUT2D eigenvalue weighted by Crippen LogP contribution is -2.25. The molecule has 15 heavy (non-hydrogen) atoms. The minimum Gasteiger partial charge on any atom is -0.325 e. The van der Waals surface area contributed by atoms with E-state index in [-0.39, 0.29) is 22.5 Å². The number of benzene rings is 1. The molecule has 0 fully saturated rings. The maximum Gasteiger partial charge on any atom is 0.238 e. The van der Waals surface area contributed by atoms with Gasteiger partial charge in [0.15, 0.2) is 5.82 Å². The molecule has 0 bridgehead atoms. The van der Waals surface area contributed by atoms with Crippen LogP contribution in [0.25, 0.3) is 0 Å². The Morgan fingerprint density at radius 2 is 1.93 bits per heavy atom. The maximum absolute atomic E-state index is 13.0. The quantitative estimate of drug-likeness (QED) is 0.809. The highest BCUT2D eigenvalue weighted by Gasteiger charge is 2.09. The molecule has 1 amide bonds. The van der Waals surface area contributed by atoms with Gasteiger partial charge >= 0.3 is 0 Å². The smallest absolute Gasteiger partial charge is 0.238 e. The molecule has 0 heterocycles. The van der Waals surface area contributed by atoms with E-state index in [1.807, 2.05) is 0 Å². The van der Waals surface area contributed by atoms with E-state index >= 15 is 0 Å². The number of nitrogens with one attached hydrogen (secondary N) is 2. The van der Waals surface area contributed by atoms with Crippen molar-refractivity contribution in [2.45, 2.75) is 0 Å². The van der Waals surface area contributed by atoms with Gasteiger partial charge in [-0.2, -0.15) is 0 Å². The fourth-order valence-corrected chi connectivity index (χ4v) is 1.48. The van der Waals surface area contributed by atoms with Gasteiger partial charge in [-0.15, -0.1) is 0 Å². The predicted octanol–water partition coefficient (Wildman–Crippen LogP) is 2.29. The average molecular weight is 251 g/mol. The van der Waals surface area contributed by atoms with E-state index in [1.165, 1.54) is 12.1 Å². The molecule has 1 aromatic carbocycles. The maximum atomic E-state index is 13.0. The van der Waals surface area contributed by atoms with Crippen LogP contribution >= 0.6 is 23.2 Å². The number of rotatable bonds is 3. The minimum atomic E-state index is -0.690. The van der Waals surface area contributed by atoms with Crippen LogP contribution in [0.2, 0.25) is 10.0 Å². The van der Waals surface area contributed by atoms with Gasteiger partial charge in [0.2, 0.25) is 5.91 Å². The van der Waals surface area contributed by atoms with Crippen molar-refractivity contribution in [3.8, 4) is 0 Å². The van der Waals surface area contributed by atoms with Crippen molar-refractivity contribution in [1.82, 2.24) is 5.32 Å². The van der Waals surface area contributed by atoms with E-state index in [4.69, 9.17) is 23.2 Å². The third-order valence-electron chi connectivity index (χ3n) is 1.60. The Bertz CT molecular complexity index is 361. The van der Waals surface area contributed by atoms with Gasteiger partial charge in [0.25, 0.3) is 0 Å². The second kappa shape index (κ2) is 5.30. The summed E-state index contributed by atoms with van der Waals surface area (Å²) in [7, 11) is 1.64. The van der Waals surface area contributed by atoms with Crippen LogP contribution in [0.15, 0.2) is 12.1 Å². The van der Waals surface area contributed by atoms with Gasteiger partial charge in [-0.3, -0.25) is 4.79 Å². The van der Waals surface area contributed by atoms with Crippen LogP contribution in [0.4, 0.5) is 10.1 Å². The lowest BCUT2D eigenvalue weighted by atomic mass is 10.3. The van der Waals surface area contributed by atoms with Crippen LogP contribution in [0.5, 0.6) is 0 Å². The molecule has 2 N–H and O–H groups in total. The molecule has 0 saturated carbocycles. The van der Waals surface area contributed by atoms with Gasteiger partial charge in [0, 0.05) is 5.69 Å². The Balaban J connectivity index is 2.83. The zero-order chi connectivity index (χ0) is 11.4. The standard InChI is InChI=1S/C9H9Cl2FN2O/c1-13-4-8(15)14-5-2-6(10)9(12)7(11)3-5/h2-3,13H,4H2,1H3,(H,14,15). The molecule has 0 aliphatic carbocycles. The molecular weight excluding hydrogens is 242 g/mol. The largest absolute Gasteiger partial charge is 0.325 e. The summed E-state index contributed by atoms with van der Waals surface area (Å²) < 4.78 is 13.0. The molecule has 82 valence electrons. The Hall–Kier alpha value is -0.840. The van der Waals surface area contributed by atoms with Crippen molar-refractivity contribution in [2.75, 3.05) is 18.9 Å². The van der Waals surface area contributed by atoms with Crippen LogP contribution in [-0.2, 0) is 4.79 Å². The molecule has 6 heteroatoms. The van der Waals surface area contributed by atoms with Crippen LogP contribution < -0.4 is 10.6 Å². The first-order valence-corrected chi connectivity index (χ1v) is 4.89. The number of amides is 1. The van der Waals surface area contributed by atoms with E-state index in [9.17, 15) is 9.18 Å². The highest BCUT2D eigenvalue weighted by molar-refractivity contribution is 6.35. The third kappa shape index (κ3) is 3.34. The van der Waals surface area contributed by atoms with Gasteiger partial charge < -0.3 is 10.6 Å². The van der Waals surface area contributed by atoms with Crippen molar-refractivity contribution in [3.05, 3.63) is 28.0 Å². The van der Waals surface area contributed by atoms with Crippen molar-refractivity contribution in [3.63, 3.8) is 0 Å². The first-order chi connectivity index (χ1) is 7.04. The summed E-state index contributed by atoms with van der Waals surface area (Å²) in [6.45, 7) is 0.159. The van der Waals surface area contributed by atoms with Crippen LogP contribution in [0.1, 0.15) is 0 Å². The Labute approximate surface area is 96.6 Å². The van der Waals surface area contributed by atoms with Gasteiger partial charge in [-0.1, -0.05) is 23.2 Å². The molecule has 0 aliphatic rings. The van der Waals surface area contributed by atoms with E-state index < -0.39 is 5.82 Å². The summed E-state index contributed by atoms with van der Waals surface area (Å²) in [5, 5.41) is 4.95. The Morgan fingerprint density at radius 3 is 2.40 bits per heavy atom. The van der Waals surface area contributed by atoms with Crippen LogP contribution in [0.3, 0.4) is 0 Å². The highest BCUT2D eigenvalue weighted by atomic mass is 35.5. The molecule has 0 aliphatic heterocycles. The molecule has 0 spiro atoms. The highest BCUT2D eigenvalue weighted by Crippen LogP contribution is 2.27. The van der Waals surface area contributed by atoms with E-state index in [1.54, 1.807) is 7.05 Å². The summed E-state index contributed by atoms with van der Waals surface area (Å²) in [6.07, 6.45) is 0. The molecular formula is C9H9Cl2FN2O. The van der Waals surface area contributed by atoms with Crippen LogP contribution in [0, 0.1) is 5.82 Å². The van der Waals surface area contributed by atoms with Crippen LogP contribution in [-0.4, -0.2) is 19.5 Å². The first-order valence-electron chi connectivity index (χ1n) is 4.13. The normalized spacial score (nSPS) is 10.1. The molecule has 1 rings (SSSR count). The topological polar surface area (TPSA) is 41.1 Å². The van der Waals surface area contributed by atoms with Crippen molar-refractivity contribution >= 4 is 34.8 Å². The van der Waals surface area contributed by atoms with Gasteiger partial charge in [0.05, 0.1) is 16.6 Å². The summed E-state index contributed by atoms with van der Waals surface area (Å²) >= 11 is 11.1. The number of likely N-dealkylation sites (N-methyl/N-ethyl adjacent to an activating group) is 1. The summed E-state index contributed by atoms with van der Waals surface area (Å²) in [6, 6.07) is 2.60. The predicted molar refractivity (Wildman–Crippen MR) is 59.0 cm³/mol. The monoisotopic (exact) mass is 250 g/mol. The molecule has 3 nitrogen and oxygen atoms in total. The van der Waals surface area contributed by atoms with Crippen molar-refractivity contribution < 1.29 is 9.18 Å². The van der Waals surface area contributed by atoms with Gasteiger partial charge in [0.1, 0.15) is 0 Å². The van der Waals surface area contributed by atoms with E-state index in [2.05, 4.69) is 10.6 Å². The lowest BCUT2D eigenvalue weighted by Gasteiger charge is -2.06. The lowest BCUT2D eigenvalue weighted by molar-refractivity contribution is -0.115. The fourth-order valence-electron chi connectivity index (χ4n) is 0.993. The fraction of sp³-hybridized carbons (Fsp3) is 0.222. The second-order valence-electron chi connectivity index (χ2n) is 2.83. The summed E-state index contributed by atoms with van der Waals surface area (Å²) in [4.78, 5) is 11.2. The number of halogens is 3. The molecule has 0 unspecified atom stereocenters. The zero-order valence-corrected chi connectivity index (χ0v) is 9.42. The molecule has 1 aromatic rings. The summed E-state index contributed by atoms with van der Waals surface area (Å²) in [5.41, 5.74) is 0.367. The zero-order valence-electron chi connectivity index (χ0n) is 7.90. The first kappa shape index (κ1) is 12.2. The van der Waals surface area contributed by atoms with Crippen molar-refractivity contribution in [1.29, 1.82) is 0 Å². The molecule has 0 saturated heterocycles. The minimum absolute atomic E-state index is 0.123. The van der Waals surface area contributed by atoms with Crippen molar-refractivity contribution in [2.24, 2.45) is 0 Å². The molecule has 0 atom stereocenters. The van der Waals surface area contributed by atoms with E-state index in [0.29, 0.717) is 5.69 Å². The molecule has 0 radical (unpaired) electrons. The number of carbonyl (C=O) groups is 1. The second-order valence-corrected chi connectivity index (χ2v) is 3.65. The summed E-state index contributed by atoms with van der Waals surface area (Å²) in [5.74, 6) is -0.943. The number of anilines is 1. The number of hydrogen-bond acceptors (Lipinski definition) is 2. The average Bonchev–Trinajstić information content (AvgIpc) is 2.14.